The zero-order chi connectivity index (χ0) is 23.5. The molecule has 2 aromatic carbocycles. The van der Waals surface area contributed by atoms with E-state index in [4.69, 9.17) is 0 Å². The van der Waals surface area contributed by atoms with Crippen LogP contribution in [0.25, 0.3) is 0 Å². The highest BCUT2D eigenvalue weighted by Crippen LogP contribution is 2.33. The Morgan fingerprint density at radius 1 is 0.818 bits per heavy atom. The second kappa shape index (κ2) is 12.4. The Labute approximate surface area is 196 Å². The van der Waals surface area contributed by atoms with Gasteiger partial charge in [0.2, 0.25) is 5.91 Å². The molecule has 0 aliphatic heterocycles. The van der Waals surface area contributed by atoms with Gasteiger partial charge in [0.05, 0.1) is 11.9 Å². The number of anilines is 3. The number of para-hydroxylation sites is 1. The molecule has 0 atom stereocenters. The van der Waals surface area contributed by atoms with Crippen molar-refractivity contribution in [1.82, 2.24) is 15.2 Å². The SMILES string of the molecule is CNC(=O)CCCCCCN(C)C(=O)c1ccc(N(c2ccccc2)c2cccnc2)cc1. The van der Waals surface area contributed by atoms with Gasteiger partial charge in [0, 0.05) is 50.2 Å². The Bertz CT molecular complexity index is 968. The highest BCUT2D eigenvalue weighted by molar-refractivity contribution is 5.94. The van der Waals surface area contributed by atoms with Crippen molar-refractivity contribution < 1.29 is 9.59 Å². The lowest BCUT2D eigenvalue weighted by Crippen LogP contribution is -2.27. The molecule has 0 saturated carbocycles. The summed E-state index contributed by atoms with van der Waals surface area (Å²) in [5, 5.41) is 2.64. The van der Waals surface area contributed by atoms with Gasteiger partial charge in [0.1, 0.15) is 0 Å². The predicted molar refractivity (Wildman–Crippen MR) is 133 cm³/mol. The summed E-state index contributed by atoms with van der Waals surface area (Å²) in [6.45, 7) is 0.701. The lowest BCUT2D eigenvalue weighted by Gasteiger charge is -2.25. The molecule has 0 bridgehead atoms. The molecular weight excluding hydrogens is 412 g/mol. The van der Waals surface area contributed by atoms with Crippen LogP contribution in [0.2, 0.25) is 0 Å². The molecule has 0 spiro atoms. The second-order valence-electron chi connectivity index (χ2n) is 7.99. The fraction of sp³-hybridized carbons (Fsp3) is 0.296. The third-order valence-electron chi connectivity index (χ3n) is 5.56. The zero-order valence-electron chi connectivity index (χ0n) is 19.4. The molecule has 3 aromatic rings. The maximum absolute atomic E-state index is 12.9. The fourth-order valence-electron chi connectivity index (χ4n) is 3.70. The number of nitrogens with zero attached hydrogens (tertiary/aromatic N) is 3. The van der Waals surface area contributed by atoms with Gasteiger partial charge in [-0.1, -0.05) is 31.0 Å². The molecule has 33 heavy (non-hydrogen) atoms. The van der Waals surface area contributed by atoms with Crippen molar-refractivity contribution in [1.29, 1.82) is 0 Å². The number of hydrogen-bond acceptors (Lipinski definition) is 4. The highest BCUT2D eigenvalue weighted by atomic mass is 16.2. The van der Waals surface area contributed by atoms with Crippen molar-refractivity contribution in [2.75, 3.05) is 25.5 Å². The summed E-state index contributed by atoms with van der Waals surface area (Å²) < 4.78 is 0. The van der Waals surface area contributed by atoms with E-state index in [1.54, 1.807) is 18.1 Å². The van der Waals surface area contributed by atoms with Crippen LogP contribution >= 0.6 is 0 Å². The van der Waals surface area contributed by atoms with Crippen LogP contribution in [0.5, 0.6) is 0 Å². The molecule has 3 rings (SSSR count). The largest absolute Gasteiger partial charge is 0.359 e. The van der Waals surface area contributed by atoms with E-state index < -0.39 is 0 Å². The number of rotatable bonds is 11. The van der Waals surface area contributed by atoms with E-state index in [1.165, 1.54) is 0 Å². The summed E-state index contributed by atoms with van der Waals surface area (Å²) in [6.07, 6.45) is 7.96. The number of nitrogens with one attached hydrogen (secondary N) is 1. The van der Waals surface area contributed by atoms with Crippen LogP contribution in [-0.2, 0) is 4.79 Å². The predicted octanol–water partition coefficient (Wildman–Crippen LogP) is 5.32. The lowest BCUT2D eigenvalue weighted by atomic mass is 10.1. The van der Waals surface area contributed by atoms with E-state index in [0.29, 0.717) is 18.5 Å². The monoisotopic (exact) mass is 444 g/mol. The van der Waals surface area contributed by atoms with Crippen molar-refractivity contribution in [3.8, 4) is 0 Å². The van der Waals surface area contributed by atoms with Crippen molar-refractivity contribution in [2.45, 2.75) is 32.1 Å². The third-order valence-corrected chi connectivity index (χ3v) is 5.56. The number of aromatic nitrogens is 1. The molecule has 6 nitrogen and oxygen atoms in total. The Hall–Kier alpha value is -3.67. The molecule has 1 N–H and O–H groups in total. The van der Waals surface area contributed by atoms with Crippen molar-refractivity contribution in [3.63, 3.8) is 0 Å². The van der Waals surface area contributed by atoms with Gasteiger partial charge < -0.3 is 15.1 Å². The molecule has 172 valence electrons. The van der Waals surface area contributed by atoms with E-state index in [0.717, 1.165) is 42.7 Å². The Morgan fingerprint density at radius 2 is 1.48 bits per heavy atom. The number of hydrogen-bond donors (Lipinski definition) is 1. The Kier molecular flexibility index (Phi) is 9.00. The van der Waals surface area contributed by atoms with Gasteiger partial charge in [-0.25, -0.2) is 0 Å². The molecular formula is C27H32N4O2. The van der Waals surface area contributed by atoms with Gasteiger partial charge in [0.15, 0.2) is 0 Å². The standard InChI is InChI=1S/C27H32N4O2/c1-28-26(32)14-8-3-4-9-20-30(2)27(33)22-15-17-24(18-16-22)31(23-11-6-5-7-12-23)25-13-10-19-29-21-25/h5-7,10-13,15-19,21H,3-4,8-9,14,20H2,1-2H3,(H,28,32). The van der Waals surface area contributed by atoms with Crippen LogP contribution < -0.4 is 10.2 Å². The lowest BCUT2D eigenvalue weighted by molar-refractivity contribution is -0.120. The third kappa shape index (κ3) is 6.91. The fourth-order valence-corrected chi connectivity index (χ4v) is 3.70. The number of amides is 2. The Morgan fingerprint density at radius 3 is 2.15 bits per heavy atom. The van der Waals surface area contributed by atoms with E-state index in [1.807, 2.05) is 67.8 Å². The smallest absolute Gasteiger partial charge is 0.253 e. The molecule has 0 radical (unpaired) electrons. The number of unbranched alkanes of at least 4 members (excludes halogenated alkanes) is 3. The first-order chi connectivity index (χ1) is 16.1. The minimum absolute atomic E-state index is 0.0135. The van der Waals surface area contributed by atoms with E-state index in [-0.39, 0.29) is 11.8 Å². The summed E-state index contributed by atoms with van der Waals surface area (Å²) in [4.78, 5) is 32.3. The van der Waals surface area contributed by atoms with Gasteiger partial charge in [-0.05, 0) is 61.4 Å². The van der Waals surface area contributed by atoms with Gasteiger partial charge in [-0.2, -0.15) is 0 Å². The average Bonchev–Trinajstić information content (AvgIpc) is 2.87. The van der Waals surface area contributed by atoms with Crippen molar-refractivity contribution in [3.05, 3.63) is 84.7 Å². The van der Waals surface area contributed by atoms with Crippen LogP contribution in [0.4, 0.5) is 17.1 Å². The molecule has 0 saturated heterocycles. The van der Waals surface area contributed by atoms with Gasteiger partial charge in [0.25, 0.3) is 5.91 Å². The van der Waals surface area contributed by atoms with E-state index in [2.05, 4.69) is 27.3 Å². The molecule has 1 heterocycles. The van der Waals surface area contributed by atoms with Gasteiger partial charge in [-0.3, -0.25) is 14.6 Å². The summed E-state index contributed by atoms with van der Waals surface area (Å²) in [5.41, 5.74) is 3.61. The number of benzene rings is 2. The van der Waals surface area contributed by atoms with E-state index >= 15 is 0 Å². The maximum Gasteiger partial charge on any atom is 0.253 e. The molecule has 0 unspecified atom stereocenters. The first kappa shape index (κ1) is 24.0. The normalized spacial score (nSPS) is 10.5. The highest BCUT2D eigenvalue weighted by Gasteiger charge is 2.15. The van der Waals surface area contributed by atoms with Crippen LogP contribution in [0.15, 0.2) is 79.1 Å². The number of carbonyl (C=O) groups is 2. The minimum atomic E-state index is 0.0135. The second-order valence-corrected chi connectivity index (χ2v) is 7.99. The minimum Gasteiger partial charge on any atom is -0.359 e. The quantitative estimate of drug-likeness (QED) is 0.407. The molecule has 1 aromatic heterocycles. The summed E-state index contributed by atoms with van der Waals surface area (Å²) in [7, 11) is 3.50. The maximum atomic E-state index is 12.9. The molecule has 0 aliphatic rings. The van der Waals surface area contributed by atoms with Crippen LogP contribution in [0.1, 0.15) is 42.5 Å². The van der Waals surface area contributed by atoms with Crippen LogP contribution in [0.3, 0.4) is 0 Å². The summed E-state index contributed by atoms with van der Waals surface area (Å²) in [5.74, 6) is 0.0969. The topological polar surface area (TPSA) is 65.5 Å². The van der Waals surface area contributed by atoms with Crippen LogP contribution in [0, 0.1) is 0 Å². The van der Waals surface area contributed by atoms with Gasteiger partial charge in [-0.15, -0.1) is 0 Å². The van der Waals surface area contributed by atoms with Crippen LogP contribution in [-0.4, -0.2) is 42.3 Å². The van der Waals surface area contributed by atoms with Gasteiger partial charge >= 0.3 is 0 Å². The van der Waals surface area contributed by atoms with Crippen molar-refractivity contribution in [2.24, 2.45) is 0 Å². The summed E-state index contributed by atoms with van der Waals surface area (Å²) >= 11 is 0. The number of carbonyl (C=O) groups excluding carboxylic acids is 2. The Balaban J connectivity index is 1.61. The average molecular weight is 445 g/mol. The summed E-state index contributed by atoms with van der Waals surface area (Å²) in [6, 6.07) is 21.7. The first-order valence-corrected chi connectivity index (χ1v) is 11.4. The van der Waals surface area contributed by atoms with Crippen molar-refractivity contribution >= 4 is 28.9 Å². The zero-order valence-corrected chi connectivity index (χ0v) is 19.4. The molecule has 6 heteroatoms. The molecule has 0 fully saturated rings. The molecule has 0 aliphatic carbocycles. The number of pyridine rings is 1. The van der Waals surface area contributed by atoms with E-state index in [9.17, 15) is 9.59 Å². The first-order valence-electron chi connectivity index (χ1n) is 11.4. The molecule has 2 amide bonds.